The van der Waals surface area contributed by atoms with Crippen molar-refractivity contribution in [3.8, 4) is 5.75 Å². The number of benzene rings is 1. The molecule has 1 aromatic heterocycles. The Hall–Kier alpha value is -2.40. The van der Waals surface area contributed by atoms with E-state index in [4.69, 9.17) is 4.74 Å². The number of hydrogen-bond donors (Lipinski definition) is 1. The molecule has 5 heteroatoms. The number of pyridine rings is 1. The molecule has 1 aromatic carbocycles. The first-order chi connectivity index (χ1) is 13.7. The molecule has 0 aliphatic carbocycles. The summed E-state index contributed by atoms with van der Waals surface area (Å²) >= 11 is 0. The lowest BCUT2D eigenvalue weighted by Gasteiger charge is -2.37. The number of carbonyl (C=O) groups is 1. The highest BCUT2D eigenvalue weighted by molar-refractivity contribution is 5.79. The van der Waals surface area contributed by atoms with Crippen LogP contribution in [-0.2, 0) is 4.79 Å². The molecule has 0 radical (unpaired) electrons. The number of aromatic nitrogens is 1. The minimum absolute atomic E-state index is 0.0528. The van der Waals surface area contributed by atoms with Crippen LogP contribution in [0, 0.1) is 11.8 Å². The second-order valence-electron chi connectivity index (χ2n) is 7.66. The molecule has 1 aliphatic heterocycles. The fourth-order valence-corrected chi connectivity index (χ4v) is 3.88. The molecule has 1 amide bonds. The third-order valence-corrected chi connectivity index (χ3v) is 5.27. The summed E-state index contributed by atoms with van der Waals surface area (Å²) in [6.07, 6.45) is 3.59. The van der Waals surface area contributed by atoms with Gasteiger partial charge in [0, 0.05) is 12.1 Å². The van der Waals surface area contributed by atoms with Gasteiger partial charge in [-0.05, 0) is 56.1 Å². The number of amides is 1. The Labute approximate surface area is 168 Å². The highest BCUT2D eigenvalue weighted by Crippen LogP contribution is 2.30. The third-order valence-electron chi connectivity index (χ3n) is 5.27. The molecule has 0 spiro atoms. The Morgan fingerprint density at radius 3 is 2.50 bits per heavy atom. The Morgan fingerprint density at radius 2 is 1.86 bits per heavy atom. The smallest absolute Gasteiger partial charge is 0.226 e. The number of piperidine rings is 1. The van der Waals surface area contributed by atoms with Crippen molar-refractivity contribution in [3.05, 3.63) is 60.4 Å². The van der Waals surface area contributed by atoms with Gasteiger partial charge in [0.1, 0.15) is 12.4 Å². The van der Waals surface area contributed by atoms with Gasteiger partial charge in [0.15, 0.2) is 0 Å². The zero-order chi connectivity index (χ0) is 19.8. The summed E-state index contributed by atoms with van der Waals surface area (Å²) < 4.78 is 5.91. The molecule has 150 valence electrons. The molecule has 2 aromatic rings. The predicted octanol–water partition coefficient (Wildman–Crippen LogP) is 3.69. The van der Waals surface area contributed by atoms with Crippen LogP contribution in [0.1, 0.15) is 38.4 Å². The Bertz CT molecular complexity index is 715. The van der Waals surface area contributed by atoms with Gasteiger partial charge in [-0.2, -0.15) is 0 Å². The quantitative estimate of drug-likeness (QED) is 0.758. The van der Waals surface area contributed by atoms with E-state index in [-0.39, 0.29) is 23.8 Å². The molecule has 0 saturated carbocycles. The van der Waals surface area contributed by atoms with Crippen LogP contribution in [0.15, 0.2) is 54.7 Å². The van der Waals surface area contributed by atoms with Gasteiger partial charge >= 0.3 is 0 Å². The van der Waals surface area contributed by atoms with Gasteiger partial charge in [-0.1, -0.05) is 38.1 Å². The maximum atomic E-state index is 13.5. The summed E-state index contributed by atoms with van der Waals surface area (Å²) in [5.41, 5.74) is 0.944. The fourth-order valence-electron chi connectivity index (χ4n) is 3.88. The van der Waals surface area contributed by atoms with E-state index in [2.05, 4.69) is 24.1 Å². The zero-order valence-corrected chi connectivity index (χ0v) is 16.9. The standard InChI is InChI=1S/C23H31N3O2/c1-18(2)22(21-10-6-7-13-25-21)26(23(27)19-11-14-24-15-12-19)16-17-28-20-8-4-3-5-9-20/h3-10,13,18-19,22,24H,11-12,14-17H2,1-2H3/t22-/m0/s1. The van der Waals surface area contributed by atoms with Crippen molar-refractivity contribution < 1.29 is 9.53 Å². The molecule has 1 aliphatic rings. The summed E-state index contributed by atoms with van der Waals surface area (Å²) in [5, 5.41) is 3.35. The molecule has 2 heterocycles. The molecule has 28 heavy (non-hydrogen) atoms. The van der Waals surface area contributed by atoms with E-state index in [9.17, 15) is 4.79 Å². The molecule has 5 nitrogen and oxygen atoms in total. The van der Waals surface area contributed by atoms with Crippen LogP contribution in [0.3, 0.4) is 0 Å². The second kappa shape index (κ2) is 10.2. The van der Waals surface area contributed by atoms with Gasteiger partial charge in [0.2, 0.25) is 5.91 Å². The first-order valence-corrected chi connectivity index (χ1v) is 10.3. The van der Waals surface area contributed by atoms with Gasteiger partial charge < -0.3 is 15.0 Å². The third kappa shape index (κ3) is 5.32. The van der Waals surface area contributed by atoms with Crippen molar-refractivity contribution in [2.24, 2.45) is 11.8 Å². The lowest BCUT2D eigenvalue weighted by molar-refractivity contribution is -0.140. The van der Waals surface area contributed by atoms with Gasteiger partial charge in [0.25, 0.3) is 0 Å². The molecular weight excluding hydrogens is 350 g/mol. The highest BCUT2D eigenvalue weighted by Gasteiger charge is 2.33. The van der Waals surface area contributed by atoms with Gasteiger partial charge in [0.05, 0.1) is 18.3 Å². The second-order valence-corrected chi connectivity index (χ2v) is 7.66. The van der Waals surface area contributed by atoms with Crippen molar-refractivity contribution >= 4 is 5.91 Å². The van der Waals surface area contributed by atoms with Crippen LogP contribution in [-0.4, -0.2) is 42.0 Å². The van der Waals surface area contributed by atoms with Crippen molar-refractivity contribution in [1.29, 1.82) is 0 Å². The first-order valence-electron chi connectivity index (χ1n) is 10.3. The van der Waals surface area contributed by atoms with Crippen LogP contribution in [0.4, 0.5) is 0 Å². The van der Waals surface area contributed by atoms with E-state index in [1.165, 1.54) is 0 Å². The van der Waals surface area contributed by atoms with E-state index in [1.807, 2.05) is 53.4 Å². The van der Waals surface area contributed by atoms with Gasteiger partial charge in [-0.3, -0.25) is 9.78 Å². The van der Waals surface area contributed by atoms with Crippen molar-refractivity contribution in [2.45, 2.75) is 32.7 Å². The first kappa shape index (κ1) is 20.3. The minimum Gasteiger partial charge on any atom is -0.492 e. The van der Waals surface area contributed by atoms with Gasteiger partial charge in [-0.15, -0.1) is 0 Å². The zero-order valence-electron chi connectivity index (χ0n) is 16.9. The van der Waals surface area contributed by atoms with E-state index in [1.54, 1.807) is 6.20 Å². The number of nitrogens with one attached hydrogen (secondary N) is 1. The summed E-state index contributed by atoms with van der Waals surface area (Å²) in [4.78, 5) is 20.0. The molecule has 1 N–H and O–H groups in total. The summed E-state index contributed by atoms with van der Waals surface area (Å²) in [7, 11) is 0. The van der Waals surface area contributed by atoms with E-state index in [0.717, 1.165) is 37.4 Å². The van der Waals surface area contributed by atoms with E-state index in [0.29, 0.717) is 13.2 Å². The summed E-state index contributed by atoms with van der Waals surface area (Å²) in [6, 6.07) is 15.6. The van der Waals surface area contributed by atoms with Crippen LogP contribution >= 0.6 is 0 Å². The lowest BCUT2D eigenvalue weighted by Crippen LogP contribution is -2.46. The largest absolute Gasteiger partial charge is 0.492 e. The fraction of sp³-hybridized carbons (Fsp3) is 0.478. The lowest BCUT2D eigenvalue weighted by atomic mass is 9.92. The number of ether oxygens (including phenoxy) is 1. The number of rotatable bonds is 8. The summed E-state index contributed by atoms with van der Waals surface area (Å²) in [5.74, 6) is 1.39. The highest BCUT2D eigenvalue weighted by atomic mass is 16.5. The average molecular weight is 382 g/mol. The Morgan fingerprint density at radius 1 is 1.14 bits per heavy atom. The number of nitrogens with zero attached hydrogens (tertiary/aromatic N) is 2. The molecule has 0 bridgehead atoms. The van der Waals surface area contributed by atoms with Crippen LogP contribution < -0.4 is 10.1 Å². The Kier molecular flexibility index (Phi) is 7.43. The normalized spacial score (nSPS) is 16.0. The molecule has 1 saturated heterocycles. The molecule has 1 atom stereocenters. The van der Waals surface area contributed by atoms with Crippen LogP contribution in [0.25, 0.3) is 0 Å². The van der Waals surface area contributed by atoms with Crippen molar-refractivity contribution in [2.75, 3.05) is 26.2 Å². The summed E-state index contributed by atoms with van der Waals surface area (Å²) in [6.45, 7) is 7.13. The average Bonchev–Trinajstić information content (AvgIpc) is 2.74. The predicted molar refractivity (Wildman–Crippen MR) is 111 cm³/mol. The maximum absolute atomic E-state index is 13.5. The molecular formula is C23H31N3O2. The Balaban J connectivity index is 1.78. The van der Waals surface area contributed by atoms with Crippen molar-refractivity contribution in [1.82, 2.24) is 15.2 Å². The van der Waals surface area contributed by atoms with E-state index < -0.39 is 0 Å². The van der Waals surface area contributed by atoms with Gasteiger partial charge in [-0.25, -0.2) is 0 Å². The number of hydrogen-bond acceptors (Lipinski definition) is 4. The van der Waals surface area contributed by atoms with Crippen LogP contribution in [0.2, 0.25) is 0 Å². The minimum atomic E-state index is -0.0528. The SMILES string of the molecule is CC(C)[C@@H](c1ccccn1)N(CCOc1ccccc1)C(=O)C1CCNCC1. The monoisotopic (exact) mass is 381 g/mol. The number of para-hydroxylation sites is 1. The van der Waals surface area contributed by atoms with Crippen LogP contribution in [0.5, 0.6) is 5.75 Å². The van der Waals surface area contributed by atoms with Crippen molar-refractivity contribution in [3.63, 3.8) is 0 Å². The molecule has 1 fully saturated rings. The molecule has 0 unspecified atom stereocenters. The topological polar surface area (TPSA) is 54.5 Å². The van der Waals surface area contributed by atoms with E-state index >= 15 is 0 Å². The molecule has 3 rings (SSSR count). The number of carbonyl (C=O) groups excluding carboxylic acids is 1. The maximum Gasteiger partial charge on any atom is 0.226 e.